The van der Waals surface area contributed by atoms with E-state index in [0.29, 0.717) is 10.6 Å². The summed E-state index contributed by atoms with van der Waals surface area (Å²) in [6.45, 7) is 0. The lowest BCUT2D eigenvalue weighted by molar-refractivity contribution is 0.102. The zero-order valence-electron chi connectivity index (χ0n) is 14.2. The number of benzene rings is 3. The minimum Gasteiger partial charge on any atom is -0.342 e. The molecule has 0 bridgehead atoms. The maximum Gasteiger partial charge on any atom is 0.255 e. The number of carbonyl (C=O) groups excluding carboxylic acids is 1. The van der Waals surface area contributed by atoms with Gasteiger partial charge in [0.05, 0.1) is 16.9 Å². The quantitative estimate of drug-likeness (QED) is 0.495. The molecule has 1 amide bonds. The van der Waals surface area contributed by atoms with Crippen LogP contribution in [-0.2, 0) is 7.05 Å². The fourth-order valence-corrected chi connectivity index (χ4v) is 3.37. The molecule has 0 saturated carbocycles. The van der Waals surface area contributed by atoms with Crippen LogP contribution >= 0.6 is 11.6 Å². The molecule has 1 heterocycles. The number of halogens is 1. The van der Waals surface area contributed by atoms with Crippen molar-refractivity contribution >= 4 is 34.1 Å². The van der Waals surface area contributed by atoms with Crippen LogP contribution in [0.4, 0.5) is 5.69 Å². The number of anilines is 1. The van der Waals surface area contributed by atoms with Crippen LogP contribution in [0.15, 0.2) is 78.9 Å². The van der Waals surface area contributed by atoms with Crippen LogP contribution in [0.5, 0.6) is 0 Å². The molecule has 4 heteroatoms. The van der Waals surface area contributed by atoms with Gasteiger partial charge in [-0.1, -0.05) is 60.1 Å². The second-order valence-corrected chi connectivity index (χ2v) is 6.56. The summed E-state index contributed by atoms with van der Waals surface area (Å²) in [5.74, 6) is -0.157. The largest absolute Gasteiger partial charge is 0.342 e. The maximum absolute atomic E-state index is 12.8. The standard InChI is InChI=1S/C22H17ClN2O/c1-25-19-10-6-5-9-18(19)20(21(25)15-7-3-2-4-8-15)24-22(26)16-11-13-17(23)14-12-16/h2-14H,1H3,(H,24,26). The highest BCUT2D eigenvalue weighted by atomic mass is 35.5. The first-order chi connectivity index (χ1) is 12.6. The van der Waals surface area contributed by atoms with E-state index in [1.165, 1.54) is 0 Å². The zero-order chi connectivity index (χ0) is 18.1. The normalized spacial score (nSPS) is 10.8. The number of fused-ring (bicyclic) bond motifs is 1. The molecule has 26 heavy (non-hydrogen) atoms. The van der Waals surface area contributed by atoms with Crippen LogP contribution in [0, 0.1) is 0 Å². The fourth-order valence-electron chi connectivity index (χ4n) is 3.24. The highest BCUT2D eigenvalue weighted by molar-refractivity contribution is 6.30. The summed E-state index contributed by atoms with van der Waals surface area (Å²) in [6.07, 6.45) is 0. The van der Waals surface area contributed by atoms with Crippen LogP contribution < -0.4 is 5.32 Å². The molecule has 0 aliphatic carbocycles. The van der Waals surface area contributed by atoms with Crippen molar-refractivity contribution in [3.8, 4) is 11.3 Å². The third-order valence-corrected chi connectivity index (χ3v) is 4.75. The Bertz CT molecular complexity index is 1080. The monoisotopic (exact) mass is 360 g/mol. The Morgan fingerprint density at radius 3 is 2.27 bits per heavy atom. The molecule has 0 aliphatic rings. The minimum absolute atomic E-state index is 0.157. The minimum atomic E-state index is -0.157. The van der Waals surface area contributed by atoms with Crippen molar-refractivity contribution in [1.29, 1.82) is 0 Å². The van der Waals surface area contributed by atoms with Gasteiger partial charge in [-0.25, -0.2) is 0 Å². The molecule has 0 saturated heterocycles. The Balaban J connectivity index is 1.85. The smallest absolute Gasteiger partial charge is 0.255 e. The van der Waals surface area contributed by atoms with E-state index in [2.05, 4.69) is 16.0 Å². The molecular formula is C22H17ClN2O. The predicted octanol–water partition coefficient (Wildman–Crippen LogP) is 5.75. The van der Waals surface area contributed by atoms with Crippen molar-refractivity contribution < 1.29 is 4.79 Å². The van der Waals surface area contributed by atoms with Gasteiger partial charge in [0.2, 0.25) is 0 Å². The molecule has 0 radical (unpaired) electrons. The number of amides is 1. The molecule has 1 N–H and O–H groups in total. The lowest BCUT2D eigenvalue weighted by Crippen LogP contribution is -2.12. The zero-order valence-corrected chi connectivity index (χ0v) is 15.0. The molecule has 3 aromatic carbocycles. The second kappa shape index (κ2) is 6.70. The summed E-state index contributed by atoms with van der Waals surface area (Å²) in [7, 11) is 2.02. The molecule has 0 spiro atoms. The first-order valence-electron chi connectivity index (χ1n) is 8.35. The Labute approximate surface area is 156 Å². The van der Waals surface area contributed by atoms with Gasteiger partial charge >= 0.3 is 0 Å². The molecule has 4 rings (SSSR count). The molecule has 0 unspecified atom stereocenters. The van der Waals surface area contributed by atoms with Gasteiger partial charge in [0.15, 0.2) is 0 Å². The van der Waals surface area contributed by atoms with Crippen molar-refractivity contribution in [2.75, 3.05) is 5.32 Å². The summed E-state index contributed by atoms with van der Waals surface area (Å²) in [4.78, 5) is 12.8. The van der Waals surface area contributed by atoms with Crippen molar-refractivity contribution in [2.24, 2.45) is 7.05 Å². The van der Waals surface area contributed by atoms with Crippen LogP contribution in [-0.4, -0.2) is 10.5 Å². The molecule has 3 nitrogen and oxygen atoms in total. The van der Waals surface area contributed by atoms with E-state index in [1.54, 1.807) is 24.3 Å². The number of hydrogen-bond acceptors (Lipinski definition) is 1. The van der Waals surface area contributed by atoms with E-state index in [0.717, 1.165) is 27.8 Å². The summed E-state index contributed by atoms with van der Waals surface area (Å²) in [6, 6.07) is 25.0. The van der Waals surface area contributed by atoms with Gasteiger partial charge < -0.3 is 9.88 Å². The van der Waals surface area contributed by atoms with Crippen molar-refractivity contribution in [3.05, 3.63) is 89.4 Å². The number of nitrogens with one attached hydrogen (secondary N) is 1. The number of para-hydroxylation sites is 1. The molecule has 4 aromatic rings. The van der Waals surface area contributed by atoms with E-state index in [4.69, 9.17) is 11.6 Å². The van der Waals surface area contributed by atoms with Gasteiger partial charge in [0.1, 0.15) is 0 Å². The molecule has 0 aliphatic heterocycles. The highest BCUT2D eigenvalue weighted by Crippen LogP contribution is 2.37. The first kappa shape index (κ1) is 16.4. The van der Waals surface area contributed by atoms with Gasteiger partial charge in [0, 0.05) is 28.6 Å². The molecule has 1 aromatic heterocycles. The summed E-state index contributed by atoms with van der Waals surface area (Å²) >= 11 is 5.93. The number of aryl methyl sites for hydroxylation is 1. The number of aromatic nitrogens is 1. The second-order valence-electron chi connectivity index (χ2n) is 6.13. The number of nitrogens with zero attached hydrogens (tertiary/aromatic N) is 1. The summed E-state index contributed by atoms with van der Waals surface area (Å²) in [5, 5.41) is 4.72. The third-order valence-electron chi connectivity index (χ3n) is 4.50. The van der Waals surface area contributed by atoms with Gasteiger partial charge in [-0.05, 0) is 30.3 Å². The van der Waals surface area contributed by atoms with Gasteiger partial charge in [-0.2, -0.15) is 0 Å². The molecule has 128 valence electrons. The number of carbonyl (C=O) groups is 1. The Hall–Kier alpha value is -3.04. The van der Waals surface area contributed by atoms with E-state index in [-0.39, 0.29) is 5.91 Å². The molecular weight excluding hydrogens is 344 g/mol. The van der Waals surface area contributed by atoms with Crippen molar-refractivity contribution in [1.82, 2.24) is 4.57 Å². The SMILES string of the molecule is Cn1c(-c2ccccc2)c(NC(=O)c2ccc(Cl)cc2)c2ccccc21. The van der Waals surface area contributed by atoms with E-state index in [9.17, 15) is 4.79 Å². The van der Waals surface area contributed by atoms with E-state index < -0.39 is 0 Å². The molecule has 0 fully saturated rings. The van der Waals surface area contributed by atoms with Crippen LogP contribution in [0.25, 0.3) is 22.2 Å². The highest BCUT2D eigenvalue weighted by Gasteiger charge is 2.18. The maximum atomic E-state index is 12.8. The van der Waals surface area contributed by atoms with Gasteiger partial charge in [-0.15, -0.1) is 0 Å². The third kappa shape index (κ3) is 2.87. The Kier molecular flexibility index (Phi) is 4.23. The van der Waals surface area contributed by atoms with E-state index >= 15 is 0 Å². The van der Waals surface area contributed by atoms with Crippen molar-refractivity contribution in [2.45, 2.75) is 0 Å². The lowest BCUT2D eigenvalue weighted by atomic mass is 10.1. The Morgan fingerprint density at radius 2 is 1.54 bits per heavy atom. The van der Waals surface area contributed by atoms with Crippen LogP contribution in [0.2, 0.25) is 5.02 Å². The topological polar surface area (TPSA) is 34.0 Å². The van der Waals surface area contributed by atoms with Crippen LogP contribution in [0.1, 0.15) is 10.4 Å². The number of hydrogen-bond donors (Lipinski definition) is 1. The predicted molar refractivity (Wildman–Crippen MR) is 108 cm³/mol. The van der Waals surface area contributed by atoms with Crippen LogP contribution in [0.3, 0.4) is 0 Å². The average molecular weight is 361 g/mol. The van der Waals surface area contributed by atoms with Gasteiger partial charge in [-0.3, -0.25) is 4.79 Å². The van der Waals surface area contributed by atoms with Gasteiger partial charge in [0.25, 0.3) is 5.91 Å². The Morgan fingerprint density at radius 1 is 0.885 bits per heavy atom. The average Bonchev–Trinajstić information content (AvgIpc) is 2.95. The molecule has 0 atom stereocenters. The first-order valence-corrected chi connectivity index (χ1v) is 8.72. The lowest BCUT2D eigenvalue weighted by Gasteiger charge is -2.10. The number of rotatable bonds is 3. The fraction of sp³-hybridized carbons (Fsp3) is 0.0455. The van der Waals surface area contributed by atoms with Crippen molar-refractivity contribution in [3.63, 3.8) is 0 Å². The summed E-state index contributed by atoms with van der Waals surface area (Å²) < 4.78 is 2.11. The van der Waals surface area contributed by atoms with E-state index in [1.807, 2.05) is 55.6 Å². The summed E-state index contributed by atoms with van der Waals surface area (Å²) in [5.41, 5.74) is 4.49.